The SMILES string of the molecule is Cn1c(C(F)(F)F)c(C#N)c2cc(F)ccc21. The lowest BCUT2D eigenvalue weighted by atomic mass is 10.1. The lowest BCUT2D eigenvalue weighted by Crippen LogP contribution is -2.12. The predicted molar refractivity (Wildman–Crippen MR) is 52.6 cm³/mol. The van der Waals surface area contributed by atoms with Crippen LogP contribution in [-0.4, -0.2) is 4.57 Å². The van der Waals surface area contributed by atoms with E-state index in [4.69, 9.17) is 5.26 Å². The van der Waals surface area contributed by atoms with E-state index in [1.54, 1.807) is 0 Å². The van der Waals surface area contributed by atoms with Gasteiger partial charge in [-0.15, -0.1) is 0 Å². The van der Waals surface area contributed by atoms with Gasteiger partial charge in [0.2, 0.25) is 0 Å². The first kappa shape index (κ1) is 11.5. The topological polar surface area (TPSA) is 28.7 Å². The normalized spacial score (nSPS) is 11.8. The molecule has 0 saturated heterocycles. The summed E-state index contributed by atoms with van der Waals surface area (Å²) in [6.07, 6.45) is -4.64. The van der Waals surface area contributed by atoms with Crippen molar-refractivity contribution in [2.75, 3.05) is 0 Å². The summed E-state index contributed by atoms with van der Waals surface area (Å²) in [5.41, 5.74) is -1.43. The van der Waals surface area contributed by atoms with Gasteiger partial charge in [-0.05, 0) is 18.2 Å². The highest BCUT2D eigenvalue weighted by Crippen LogP contribution is 2.37. The molecule has 0 N–H and O–H groups in total. The third-order valence-electron chi connectivity index (χ3n) is 2.54. The fourth-order valence-corrected chi connectivity index (χ4v) is 1.86. The first-order valence-corrected chi connectivity index (χ1v) is 4.61. The van der Waals surface area contributed by atoms with E-state index in [9.17, 15) is 17.6 Å². The third kappa shape index (κ3) is 1.64. The fraction of sp³-hybridized carbons (Fsp3) is 0.182. The van der Waals surface area contributed by atoms with Gasteiger partial charge in [0.25, 0.3) is 0 Å². The monoisotopic (exact) mass is 242 g/mol. The second-order valence-electron chi connectivity index (χ2n) is 3.55. The van der Waals surface area contributed by atoms with Crippen LogP contribution in [-0.2, 0) is 13.2 Å². The van der Waals surface area contributed by atoms with Crippen molar-refractivity contribution >= 4 is 10.9 Å². The Bertz CT molecular complexity index is 631. The number of hydrogen-bond donors (Lipinski definition) is 0. The molecule has 2 aromatic rings. The molecule has 88 valence electrons. The summed E-state index contributed by atoms with van der Waals surface area (Å²) in [7, 11) is 1.20. The van der Waals surface area contributed by atoms with Gasteiger partial charge in [0.05, 0.1) is 5.56 Å². The van der Waals surface area contributed by atoms with Crippen molar-refractivity contribution in [2.45, 2.75) is 6.18 Å². The number of aromatic nitrogens is 1. The Balaban J connectivity index is 2.96. The number of nitrogens with zero attached hydrogens (tertiary/aromatic N) is 2. The maximum atomic E-state index is 13.0. The first-order chi connectivity index (χ1) is 7.86. The van der Waals surface area contributed by atoms with E-state index in [0.717, 1.165) is 16.7 Å². The molecule has 0 bridgehead atoms. The molecular formula is C11H6F4N2. The maximum Gasteiger partial charge on any atom is 0.432 e. The van der Waals surface area contributed by atoms with Crippen LogP contribution in [0.25, 0.3) is 10.9 Å². The molecule has 2 rings (SSSR count). The van der Waals surface area contributed by atoms with Crippen LogP contribution in [0, 0.1) is 17.1 Å². The lowest BCUT2D eigenvalue weighted by Gasteiger charge is -2.08. The van der Waals surface area contributed by atoms with E-state index in [1.165, 1.54) is 19.2 Å². The molecule has 0 saturated carbocycles. The van der Waals surface area contributed by atoms with E-state index >= 15 is 0 Å². The summed E-state index contributed by atoms with van der Waals surface area (Å²) in [5.74, 6) is -0.673. The molecule has 1 aromatic carbocycles. The first-order valence-electron chi connectivity index (χ1n) is 4.61. The highest BCUT2D eigenvalue weighted by molar-refractivity contribution is 5.88. The summed E-state index contributed by atoms with van der Waals surface area (Å²) in [6, 6.07) is 4.70. The molecule has 0 spiro atoms. The van der Waals surface area contributed by atoms with Gasteiger partial charge in [-0.1, -0.05) is 0 Å². The van der Waals surface area contributed by atoms with Crippen LogP contribution in [0.4, 0.5) is 17.6 Å². The Labute approximate surface area is 93.7 Å². The van der Waals surface area contributed by atoms with Crippen molar-refractivity contribution in [1.82, 2.24) is 4.57 Å². The predicted octanol–water partition coefficient (Wildman–Crippen LogP) is 3.21. The minimum Gasteiger partial charge on any atom is -0.339 e. The van der Waals surface area contributed by atoms with Crippen molar-refractivity contribution in [3.8, 4) is 6.07 Å². The molecule has 0 amide bonds. The number of fused-ring (bicyclic) bond motifs is 1. The van der Waals surface area contributed by atoms with Gasteiger partial charge in [-0.2, -0.15) is 18.4 Å². The van der Waals surface area contributed by atoms with Crippen LogP contribution in [0.1, 0.15) is 11.3 Å². The smallest absolute Gasteiger partial charge is 0.339 e. The van der Waals surface area contributed by atoms with E-state index in [-0.39, 0.29) is 10.9 Å². The third-order valence-corrected chi connectivity index (χ3v) is 2.54. The molecule has 17 heavy (non-hydrogen) atoms. The number of nitriles is 1. The standard InChI is InChI=1S/C11H6F4N2/c1-17-9-3-2-6(12)4-7(9)8(5-16)10(17)11(13,14)15/h2-4H,1H3. The van der Waals surface area contributed by atoms with Crippen molar-refractivity contribution in [2.24, 2.45) is 7.05 Å². The van der Waals surface area contributed by atoms with E-state index in [1.807, 2.05) is 0 Å². The molecule has 0 fully saturated rings. The Hall–Kier alpha value is -2.03. The van der Waals surface area contributed by atoms with Crippen LogP contribution in [0.2, 0.25) is 0 Å². The zero-order valence-electron chi connectivity index (χ0n) is 8.64. The van der Waals surface area contributed by atoms with Crippen LogP contribution in [0.5, 0.6) is 0 Å². The number of hydrogen-bond acceptors (Lipinski definition) is 1. The highest BCUT2D eigenvalue weighted by atomic mass is 19.4. The Morgan fingerprint density at radius 2 is 1.94 bits per heavy atom. The average molecular weight is 242 g/mol. The van der Waals surface area contributed by atoms with Gasteiger partial charge in [-0.3, -0.25) is 0 Å². The molecule has 1 aromatic heterocycles. The van der Waals surface area contributed by atoms with Crippen molar-refractivity contribution in [3.63, 3.8) is 0 Å². The van der Waals surface area contributed by atoms with Gasteiger partial charge in [0.15, 0.2) is 0 Å². The maximum absolute atomic E-state index is 13.0. The highest BCUT2D eigenvalue weighted by Gasteiger charge is 2.38. The molecule has 0 aliphatic heterocycles. The minimum atomic E-state index is -4.64. The number of benzene rings is 1. The van der Waals surface area contributed by atoms with E-state index < -0.39 is 23.3 Å². The molecule has 0 atom stereocenters. The second-order valence-corrected chi connectivity index (χ2v) is 3.55. The van der Waals surface area contributed by atoms with Gasteiger partial charge in [0, 0.05) is 18.0 Å². The Morgan fingerprint density at radius 1 is 1.29 bits per heavy atom. The molecule has 0 aliphatic rings. The van der Waals surface area contributed by atoms with Crippen molar-refractivity contribution in [1.29, 1.82) is 5.26 Å². The molecule has 0 aliphatic carbocycles. The molecule has 2 nitrogen and oxygen atoms in total. The number of aryl methyl sites for hydroxylation is 1. The fourth-order valence-electron chi connectivity index (χ4n) is 1.86. The molecular weight excluding hydrogens is 236 g/mol. The number of alkyl halides is 3. The summed E-state index contributed by atoms with van der Waals surface area (Å²) in [5, 5.41) is 8.77. The molecule has 0 radical (unpaired) electrons. The van der Waals surface area contributed by atoms with Gasteiger partial charge in [-0.25, -0.2) is 4.39 Å². The lowest BCUT2D eigenvalue weighted by molar-refractivity contribution is -0.143. The van der Waals surface area contributed by atoms with E-state index in [0.29, 0.717) is 0 Å². The zero-order chi connectivity index (χ0) is 12.8. The van der Waals surface area contributed by atoms with Crippen LogP contribution in [0.15, 0.2) is 18.2 Å². The summed E-state index contributed by atoms with van der Waals surface area (Å²) in [4.78, 5) is 0. The Kier molecular flexibility index (Phi) is 2.35. The largest absolute Gasteiger partial charge is 0.432 e. The van der Waals surface area contributed by atoms with Gasteiger partial charge in [0.1, 0.15) is 17.6 Å². The number of halogens is 4. The molecule has 0 unspecified atom stereocenters. The summed E-state index contributed by atoms with van der Waals surface area (Å²) < 4.78 is 52.2. The van der Waals surface area contributed by atoms with Crippen LogP contribution >= 0.6 is 0 Å². The van der Waals surface area contributed by atoms with Crippen LogP contribution < -0.4 is 0 Å². The Morgan fingerprint density at radius 3 is 2.47 bits per heavy atom. The van der Waals surface area contributed by atoms with Crippen molar-refractivity contribution < 1.29 is 17.6 Å². The van der Waals surface area contributed by atoms with Gasteiger partial charge >= 0.3 is 6.18 Å². The second kappa shape index (κ2) is 3.48. The average Bonchev–Trinajstić information content (AvgIpc) is 2.50. The summed E-state index contributed by atoms with van der Waals surface area (Å²) >= 11 is 0. The minimum absolute atomic E-state index is 0.0256. The van der Waals surface area contributed by atoms with Crippen LogP contribution in [0.3, 0.4) is 0 Å². The quantitative estimate of drug-likeness (QED) is 0.652. The summed E-state index contributed by atoms with van der Waals surface area (Å²) in [6.45, 7) is 0. The zero-order valence-corrected chi connectivity index (χ0v) is 8.64. The molecule has 6 heteroatoms. The van der Waals surface area contributed by atoms with Crippen molar-refractivity contribution in [3.05, 3.63) is 35.3 Å². The molecule has 1 heterocycles. The number of rotatable bonds is 0. The van der Waals surface area contributed by atoms with Gasteiger partial charge < -0.3 is 4.57 Å². The van der Waals surface area contributed by atoms with E-state index in [2.05, 4.69) is 0 Å².